The molecule has 0 bridgehead atoms. The van der Waals surface area contributed by atoms with Crippen LogP contribution in [-0.2, 0) is 0 Å². The van der Waals surface area contributed by atoms with Crippen LogP contribution in [0.2, 0.25) is 0 Å². The Bertz CT molecular complexity index is 776. The number of aliphatic hydroxyl groups excluding tert-OH is 1. The van der Waals surface area contributed by atoms with Gasteiger partial charge in [-0.1, -0.05) is 84.9 Å². The average molecular weight is 347 g/mol. The van der Waals surface area contributed by atoms with Crippen LogP contribution in [-0.4, -0.2) is 24.0 Å². The fourth-order valence-corrected chi connectivity index (χ4v) is 5.11. The summed E-state index contributed by atoms with van der Waals surface area (Å²) in [5.41, 5.74) is 1.11. The van der Waals surface area contributed by atoms with E-state index in [0.717, 1.165) is 5.56 Å². The molecule has 1 atom stereocenters. The molecule has 0 saturated carbocycles. The maximum atomic E-state index is 9.46. The summed E-state index contributed by atoms with van der Waals surface area (Å²) in [7, 11) is -0.652. The first-order valence-corrected chi connectivity index (χ1v) is 9.77. The SMILES string of the molecule is CC(O)CN=Cc1ccccc1P(c1ccccc1)c1ccccc1. The van der Waals surface area contributed by atoms with Crippen LogP contribution in [0.15, 0.2) is 89.9 Å². The summed E-state index contributed by atoms with van der Waals surface area (Å²) in [6.45, 7) is 2.17. The average Bonchev–Trinajstić information content (AvgIpc) is 2.65. The number of hydrogen-bond donors (Lipinski definition) is 1. The molecule has 0 amide bonds. The summed E-state index contributed by atoms with van der Waals surface area (Å²) in [6, 6.07) is 29.7. The first kappa shape index (κ1) is 17.5. The van der Waals surface area contributed by atoms with Crippen molar-refractivity contribution in [3.8, 4) is 0 Å². The van der Waals surface area contributed by atoms with E-state index in [2.05, 4.69) is 83.9 Å². The van der Waals surface area contributed by atoms with Crippen LogP contribution < -0.4 is 15.9 Å². The molecule has 3 rings (SSSR count). The van der Waals surface area contributed by atoms with Crippen molar-refractivity contribution in [2.45, 2.75) is 13.0 Å². The molecule has 0 fully saturated rings. The molecule has 1 N–H and O–H groups in total. The third kappa shape index (κ3) is 4.63. The summed E-state index contributed by atoms with van der Waals surface area (Å²) >= 11 is 0. The second-order valence-corrected chi connectivity index (χ2v) is 8.09. The van der Waals surface area contributed by atoms with E-state index in [1.165, 1.54) is 15.9 Å². The lowest BCUT2D eigenvalue weighted by atomic mass is 10.2. The molecule has 0 aromatic heterocycles. The van der Waals surface area contributed by atoms with Gasteiger partial charge in [-0.2, -0.15) is 0 Å². The van der Waals surface area contributed by atoms with E-state index in [1.54, 1.807) is 6.92 Å². The van der Waals surface area contributed by atoms with Crippen LogP contribution in [0.5, 0.6) is 0 Å². The summed E-state index contributed by atoms with van der Waals surface area (Å²) in [4.78, 5) is 4.41. The van der Waals surface area contributed by atoms with E-state index in [1.807, 2.05) is 12.3 Å². The van der Waals surface area contributed by atoms with Crippen molar-refractivity contribution in [3.63, 3.8) is 0 Å². The number of aliphatic imine (C=N–C) groups is 1. The molecular weight excluding hydrogens is 325 g/mol. The number of hydrogen-bond acceptors (Lipinski definition) is 2. The van der Waals surface area contributed by atoms with Crippen molar-refractivity contribution in [1.29, 1.82) is 0 Å². The zero-order chi connectivity index (χ0) is 17.5. The quantitative estimate of drug-likeness (QED) is 0.539. The topological polar surface area (TPSA) is 32.6 Å². The van der Waals surface area contributed by atoms with Gasteiger partial charge in [-0.3, -0.25) is 4.99 Å². The molecule has 3 aromatic carbocycles. The lowest BCUT2D eigenvalue weighted by molar-refractivity contribution is 0.204. The summed E-state index contributed by atoms with van der Waals surface area (Å²) < 4.78 is 0. The van der Waals surface area contributed by atoms with Crippen LogP contribution in [0, 0.1) is 0 Å². The Morgan fingerprint density at radius 1 is 0.840 bits per heavy atom. The molecule has 1 unspecified atom stereocenters. The summed E-state index contributed by atoms with van der Waals surface area (Å²) in [5, 5.41) is 13.4. The Hall–Kier alpha value is -2.28. The number of benzene rings is 3. The Balaban J connectivity index is 2.07. The second-order valence-electron chi connectivity index (χ2n) is 5.91. The predicted octanol–water partition coefficient (Wildman–Crippen LogP) is 3.24. The smallest absolute Gasteiger partial charge is 0.0707 e. The van der Waals surface area contributed by atoms with Gasteiger partial charge in [0.2, 0.25) is 0 Å². The van der Waals surface area contributed by atoms with E-state index in [4.69, 9.17) is 0 Å². The maximum absolute atomic E-state index is 9.46. The Morgan fingerprint density at radius 2 is 1.36 bits per heavy atom. The molecule has 25 heavy (non-hydrogen) atoms. The van der Waals surface area contributed by atoms with Crippen molar-refractivity contribution in [2.24, 2.45) is 4.99 Å². The highest BCUT2D eigenvalue weighted by Gasteiger charge is 2.18. The maximum Gasteiger partial charge on any atom is 0.0707 e. The highest BCUT2D eigenvalue weighted by molar-refractivity contribution is 7.80. The molecular formula is C22H22NOP. The molecule has 0 heterocycles. The first-order chi connectivity index (χ1) is 12.3. The standard InChI is InChI=1S/C22H22NOP/c1-18(24)16-23-17-19-10-8-9-15-22(19)25(20-11-4-2-5-12-20)21-13-6-3-7-14-21/h2-15,17-18,24H,16H2,1H3. The van der Waals surface area contributed by atoms with Gasteiger partial charge in [-0.25, -0.2) is 0 Å². The lowest BCUT2D eigenvalue weighted by Crippen LogP contribution is -2.23. The van der Waals surface area contributed by atoms with Gasteiger partial charge in [-0.15, -0.1) is 0 Å². The van der Waals surface area contributed by atoms with Crippen molar-refractivity contribution >= 4 is 30.0 Å². The summed E-state index contributed by atoms with van der Waals surface area (Å²) in [5.74, 6) is 0. The molecule has 126 valence electrons. The predicted molar refractivity (Wildman–Crippen MR) is 109 cm³/mol. The van der Waals surface area contributed by atoms with Gasteiger partial charge in [0.25, 0.3) is 0 Å². The third-order valence-electron chi connectivity index (χ3n) is 3.81. The van der Waals surface area contributed by atoms with E-state index < -0.39 is 14.0 Å². The molecule has 3 heteroatoms. The van der Waals surface area contributed by atoms with Gasteiger partial charge < -0.3 is 5.11 Å². The number of aliphatic hydroxyl groups is 1. The highest BCUT2D eigenvalue weighted by Crippen LogP contribution is 2.33. The second kappa shape index (κ2) is 8.71. The minimum atomic E-state index is -0.652. The van der Waals surface area contributed by atoms with E-state index in [-0.39, 0.29) is 0 Å². The largest absolute Gasteiger partial charge is 0.391 e. The lowest BCUT2D eigenvalue weighted by Gasteiger charge is -2.21. The summed E-state index contributed by atoms with van der Waals surface area (Å²) in [6.07, 6.45) is 1.47. The van der Waals surface area contributed by atoms with Crippen LogP contribution >= 0.6 is 7.92 Å². The third-order valence-corrected chi connectivity index (χ3v) is 6.32. The van der Waals surface area contributed by atoms with E-state index in [9.17, 15) is 5.11 Å². The van der Waals surface area contributed by atoms with Crippen LogP contribution in [0.3, 0.4) is 0 Å². The highest BCUT2D eigenvalue weighted by atomic mass is 31.1. The van der Waals surface area contributed by atoms with Crippen molar-refractivity contribution < 1.29 is 5.11 Å². The van der Waals surface area contributed by atoms with E-state index >= 15 is 0 Å². The number of rotatable bonds is 6. The fourth-order valence-electron chi connectivity index (χ4n) is 2.69. The van der Waals surface area contributed by atoms with Crippen molar-refractivity contribution in [2.75, 3.05) is 6.54 Å². The van der Waals surface area contributed by atoms with Gasteiger partial charge in [0.15, 0.2) is 0 Å². The van der Waals surface area contributed by atoms with Crippen molar-refractivity contribution in [1.82, 2.24) is 0 Å². The van der Waals surface area contributed by atoms with Gasteiger partial charge in [0, 0.05) is 11.8 Å². The first-order valence-electron chi connectivity index (χ1n) is 8.43. The van der Waals surface area contributed by atoms with Gasteiger partial charge in [0.1, 0.15) is 0 Å². The van der Waals surface area contributed by atoms with E-state index in [0.29, 0.717) is 6.54 Å². The number of nitrogens with zero attached hydrogens (tertiary/aromatic N) is 1. The molecule has 0 aliphatic rings. The van der Waals surface area contributed by atoms with Crippen LogP contribution in [0.1, 0.15) is 12.5 Å². The molecule has 3 aromatic rings. The minimum absolute atomic E-state index is 0.420. The van der Waals surface area contributed by atoms with Gasteiger partial charge in [-0.05, 0) is 30.8 Å². The van der Waals surface area contributed by atoms with Crippen LogP contribution in [0.4, 0.5) is 0 Å². The Kier molecular flexibility index (Phi) is 6.11. The normalized spacial score (nSPS) is 12.6. The molecule has 2 nitrogen and oxygen atoms in total. The van der Waals surface area contributed by atoms with Crippen LogP contribution in [0.25, 0.3) is 0 Å². The zero-order valence-electron chi connectivity index (χ0n) is 14.3. The fraction of sp³-hybridized carbons (Fsp3) is 0.136. The van der Waals surface area contributed by atoms with Crippen molar-refractivity contribution in [3.05, 3.63) is 90.5 Å². The van der Waals surface area contributed by atoms with Gasteiger partial charge in [0.05, 0.1) is 12.6 Å². The monoisotopic (exact) mass is 347 g/mol. The Morgan fingerprint density at radius 3 is 1.92 bits per heavy atom. The minimum Gasteiger partial charge on any atom is -0.391 e. The Labute approximate surface area is 150 Å². The molecule has 0 saturated heterocycles. The van der Waals surface area contributed by atoms with Gasteiger partial charge >= 0.3 is 0 Å². The molecule has 0 aliphatic carbocycles. The molecule has 0 aliphatic heterocycles. The molecule has 0 radical (unpaired) electrons. The zero-order valence-corrected chi connectivity index (χ0v) is 15.2. The molecule has 0 spiro atoms.